The van der Waals surface area contributed by atoms with E-state index >= 15 is 0 Å². The van der Waals surface area contributed by atoms with Crippen molar-refractivity contribution in [2.24, 2.45) is 10.7 Å². The molecule has 2 rings (SSSR count). The van der Waals surface area contributed by atoms with Crippen LogP contribution >= 0.6 is 15.9 Å². The van der Waals surface area contributed by atoms with E-state index in [-0.39, 0.29) is 17.4 Å². The molecule has 0 bridgehead atoms. The number of nitrogens with two attached hydrogens (primary N) is 1. The molecule has 0 radical (unpaired) electrons. The summed E-state index contributed by atoms with van der Waals surface area (Å²) in [6, 6.07) is 12.8. The highest BCUT2D eigenvalue weighted by molar-refractivity contribution is 9.10. The van der Waals surface area contributed by atoms with Crippen LogP contribution in [0.15, 0.2) is 64.1 Å². The second kappa shape index (κ2) is 6.34. The van der Waals surface area contributed by atoms with Crippen LogP contribution < -0.4 is 5.73 Å². The number of benzene rings is 2. The van der Waals surface area contributed by atoms with Crippen LogP contribution in [0.25, 0.3) is 5.76 Å². The number of nitrogens with zero attached hydrogens (tertiary/aromatic N) is 1. The van der Waals surface area contributed by atoms with Gasteiger partial charge in [-0.3, -0.25) is 0 Å². The lowest BCUT2D eigenvalue weighted by Crippen LogP contribution is -2.08. The Morgan fingerprint density at radius 3 is 2.55 bits per heavy atom. The Bertz CT molecular complexity index is 666. The minimum absolute atomic E-state index is 0.0683. The molecule has 0 atom stereocenters. The van der Waals surface area contributed by atoms with Gasteiger partial charge in [-0.1, -0.05) is 22.0 Å². The molecule has 2 aromatic carbocycles. The zero-order valence-electron chi connectivity index (χ0n) is 10.4. The zero-order chi connectivity index (χ0) is 14.5. The fourth-order valence-electron chi connectivity index (χ4n) is 1.57. The normalized spacial score (nSPS) is 12.5. The molecule has 0 saturated carbocycles. The summed E-state index contributed by atoms with van der Waals surface area (Å²) in [7, 11) is 0. The lowest BCUT2D eigenvalue weighted by molar-refractivity contribution is 0.512. The minimum atomic E-state index is -0.364. The maximum atomic E-state index is 12.8. The lowest BCUT2D eigenvalue weighted by atomic mass is 10.2. The second-order valence-electron chi connectivity index (χ2n) is 4.05. The average molecular weight is 335 g/mol. The van der Waals surface area contributed by atoms with E-state index in [2.05, 4.69) is 20.9 Å². The predicted octanol–water partition coefficient (Wildman–Crippen LogP) is 4.18. The van der Waals surface area contributed by atoms with Crippen molar-refractivity contribution < 1.29 is 9.50 Å². The summed E-state index contributed by atoms with van der Waals surface area (Å²) in [5.74, 6) is -0.275. The number of hydrogen-bond donors (Lipinski definition) is 2. The molecule has 20 heavy (non-hydrogen) atoms. The summed E-state index contributed by atoms with van der Waals surface area (Å²) in [6.07, 6.45) is 1.33. The Hall–Kier alpha value is -2.14. The molecule has 0 fully saturated rings. The molecular weight excluding hydrogens is 323 g/mol. The van der Waals surface area contributed by atoms with Crippen molar-refractivity contribution >= 4 is 33.2 Å². The number of halogens is 2. The van der Waals surface area contributed by atoms with E-state index in [4.69, 9.17) is 5.73 Å². The molecule has 0 aliphatic carbocycles. The van der Waals surface area contributed by atoms with Crippen LogP contribution in [-0.4, -0.2) is 10.9 Å². The summed E-state index contributed by atoms with van der Waals surface area (Å²) in [6.45, 7) is 0. The molecule has 0 unspecified atom stereocenters. The molecule has 0 saturated heterocycles. The summed E-state index contributed by atoms with van der Waals surface area (Å²) in [5.41, 5.74) is 6.89. The zero-order valence-corrected chi connectivity index (χ0v) is 12.0. The van der Waals surface area contributed by atoms with Crippen molar-refractivity contribution in [1.29, 1.82) is 0 Å². The van der Waals surface area contributed by atoms with E-state index in [9.17, 15) is 9.50 Å². The van der Waals surface area contributed by atoms with Crippen LogP contribution in [0.1, 0.15) is 5.56 Å². The lowest BCUT2D eigenvalue weighted by Gasteiger charge is -2.01. The topological polar surface area (TPSA) is 58.6 Å². The summed E-state index contributed by atoms with van der Waals surface area (Å²) >= 11 is 3.34. The van der Waals surface area contributed by atoms with Gasteiger partial charge in [0.15, 0.2) is 0 Å². The Morgan fingerprint density at radius 1 is 1.20 bits per heavy atom. The van der Waals surface area contributed by atoms with Gasteiger partial charge < -0.3 is 10.8 Å². The molecule has 102 valence electrons. The molecule has 0 aliphatic heterocycles. The van der Waals surface area contributed by atoms with Gasteiger partial charge in [0.2, 0.25) is 0 Å². The van der Waals surface area contributed by atoms with Gasteiger partial charge in [0, 0.05) is 16.1 Å². The maximum absolute atomic E-state index is 12.8. The number of aliphatic imine (C=N–C) groups is 1. The van der Waals surface area contributed by atoms with Crippen LogP contribution in [0, 0.1) is 5.82 Å². The quantitative estimate of drug-likeness (QED) is 0.502. The van der Waals surface area contributed by atoms with E-state index < -0.39 is 0 Å². The molecule has 0 aliphatic rings. The first-order valence-corrected chi connectivity index (χ1v) is 6.60. The standard InChI is InChI=1S/C15H12BrFN2O/c16-11-2-1-3-13(8-11)19-15(18)9-14(20)10-4-6-12(17)7-5-10/h1-9,20H,(H2,18,19)/b14-9-. The SMILES string of the molecule is NC(/C=C(\O)c1ccc(F)cc1)=Nc1cccc(Br)c1. The van der Waals surface area contributed by atoms with Gasteiger partial charge in [-0.15, -0.1) is 0 Å². The van der Waals surface area contributed by atoms with E-state index in [0.717, 1.165) is 4.47 Å². The van der Waals surface area contributed by atoms with Crippen LogP contribution in [0.3, 0.4) is 0 Å². The van der Waals surface area contributed by atoms with Gasteiger partial charge in [0.1, 0.15) is 17.4 Å². The third kappa shape index (κ3) is 3.93. The molecule has 0 amide bonds. The summed E-state index contributed by atoms with van der Waals surface area (Å²) in [4.78, 5) is 4.16. The Morgan fingerprint density at radius 2 is 1.90 bits per heavy atom. The highest BCUT2D eigenvalue weighted by Crippen LogP contribution is 2.19. The van der Waals surface area contributed by atoms with Gasteiger partial charge in [0.25, 0.3) is 0 Å². The van der Waals surface area contributed by atoms with Crippen molar-refractivity contribution in [2.75, 3.05) is 0 Å². The van der Waals surface area contributed by atoms with E-state index in [1.54, 1.807) is 12.1 Å². The highest BCUT2D eigenvalue weighted by atomic mass is 79.9. The number of aliphatic hydroxyl groups is 1. The van der Waals surface area contributed by atoms with Gasteiger partial charge in [-0.05, 0) is 42.5 Å². The van der Waals surface area contributed by atoms with Gasteiger partial charge >= 0.3 is 0 Å². The predicted molar refractivity (Wildman–Crippen MR) is 82.4 cm³/mol. The van der Waals surface area contributed by atoms with Crippen molar-refractivity contribution in [2.45, 2.75) is 0 Å². The van der Waals surface area contributed by atoms with E-state index in [0.29, 0.717) is 11.3 Å². The van der Waals surface area contributed by atoms with Crippen LogP contribution in [0.5, 0.6) is 0 Å². The molecule has 2 aromatic rings. The fourth-order valence-corrected chi connectivity index (χ4v) is 1.96. The second-order valence-corrected chi connectivity index (χ2v) is 4.97. The Balaban J connectivity index is 2.23. The molecule has 3 N–H and O–H groups in total. The smallest absolute Gasteiger partial charge is 0.127 e. The van der Waals surface area contributed by atoms with Gasteiger partial charge in [-0.2, -0.15) is 0 Å². The van der Waals surface area contributed by atoms with Crippen molar-refractivity contribution in [3.05, 3.63) is 70.5 Å². The third-order valence-corrected chi connectivity index (χ3v) is 2.98. The molecule has 5 heteroatoms. The van der Waals surface area contributed by atoms with Crippen molar-refractivity contribution in [3.63, 3.8) is 0 Å². The minimum Gasteiger partial charge on any atom is -0.507 e. The van der Waals surface area contributed by atoms with Crippen LogP contribution in [0.4, 0.5) is 10.1 Å². The highest BCUT2D eigenvalue weighted by Gasteiger charge is 2.00. The number of hydrogen-bond acceptors (Lipinski definition) is 2. The number of aliphatic hydroxyl groups excluding tert-OH is 1. The van der Waals surface area contributed by atoms with Crippen LogP contribution in [0.2, 0.25) is 0 Å². The molecular formula is C15H12BrFN2O. The monoisotopic (exact) mass is 334 g/mol. The third-order valence-electron chi connectivity index (χ3n) is 2.49. The first-order chi connectivity index (χ1) is 9.54. The average Bonchev–Trinajstić information content (AvgIpc) is 2.39. The summed E-state index contributed by atoms with van der Waals surface area (Å²) < 4.78 is 13.7. The van der Waals surface area contributed by atoms with Gasteiger partial charge in [-0.25, -0.2) is 9.38 Å². The Kier molecular flexibility index (Phi) is 4.53. The van der Waals surface area contributed by atoms with Gasteiger partial charge in [0.05, 0.1) is 5.69 Å². The van der Waals surface area contributed by atoms with E-state index in [1.807, 2.05) is 12.1 Å². The summed E-state index contributed by atoms with van der Waals surface area (Å²) in [5, 5.41) is 9.88. The number of amidine groups is 1. The first kappa shape index (κ1) is 14.3. The maximum Gasteiger partial charge on any atom is 0.127 e. The van der Waals surface area contributed by atoms with Crippen LogP contribution in [-0.2, 0) is 0 Å². The number of rotatable bonds is 3. The molecule has 0 heterocycles. The van der Waals surface area contributed by atoms with E-state index in [1.165, 1.54) is 30.3 Å². The Labute approximate surface area is 124 Å². The fraction of sp³-hybridized carbons (Fsp3) is 0. The largest absolute Gasteiger partial charge is 0.507 e. The van der Waals surface area contributed by atoms with Crippen molar-refractivity contribution in [3.8, 4) is 0 Å². The molecule has 3 nitrogen and oxygen atoms in total. The molecule has 0 spiro atoms. The molecule has 0 aromatic heterocycles. The van der Waals surface area contributed by atoms with Crippen molar-refractivity contribution in [1.82, 2.24) is 0 Å². The first-order valence-electron chi connectivity index (χ1n) is 5.81.